The van der Waals surface area contributed by atoms with E-state index in [4.69, 9.17) is 4.55 Å². The molecule has 104 valence electrons. The normalized spacial score (nSPS) is 11.8. The van der Waals surface area contributed by atoms with Crippen molar-refractivity contribution in [2.24, 2.45) is 0 Å². The van der Waals surface area contributed by atoms with Crippen molar-refractivity contribution >= 4 is 16.2 Å². The van der Waals surface area contributed by atoms with E-state index in [0.29, 0.717) is 11.3 Å². The molecule has 0 bridgehead atoms. The van der Waals surface area contributed by atoms with E-state index >= 15 is 0 Å². The van der Waals surface area contributed by atoms with Gasteiger partial charge in [-0.25, -0.2) is 4.68 Å². The molecule has 0 spiro atoms. The summed E-state index contributed by atoms with van der Waals surface area (Å²) < 4.78 is 32.0. The van der Waals surface area contributed by atoms with Crippen molar-refractivity contribution in [2.45, 2.75) is 4.90 Å². The van der Waals surface area contributed by atoms with E-state index < -0.39 is 10.1 Å². The molecule has 0 aliphatic rings. The van der Waals surface area contributed by atoms with Gasteiger partial charge in [-0.1, -0.05) is 18.7 Å². The molecule has 0 aliphatic carbocycles. The maximum atomic E-state index is 10.9. The summed E-state index contributed by atoms with van der Waals surface area (Å²) >= 11 is 0. The van der Waals surface area contributed by atoms with Gasteiger partial charge in [0, 0.05) is 0 Å². The minimum atomic E-state index is -4.23. The first-order chi connectivity index (χ1) is 9.43. The predicted octanol–water partition coefficient (Wildman–Crippen LogP) is 2.02. The SMILES string of the molecule is C=CC=Cc1cnn(-c2ccc(S(=O)(=O)O)cc2)c1O. The van der Waals surface area contributed by atoms with Crippen LogP contribution < -0.4 is 0 Å². The van der Waals surface area contributed by atoms with Crippen molar-refractivity contribution in [2.75, 3.05) is 0 Å². The number of aromatic nitrogens is 2. The van der Waals surface area contributed by atoms with E-state index in [0.717, 1.165) is 0 Å². The van der Waals surface area contributed by atoms with Gasteiger partial charge >= 0.3 is 0 Å². The third-order valence-electron chi connectivity index (χ3n) is 2.56. The largest absolute Gasteiger partial charge is 0.493 e. The zero-order valence-corrected chi connectivity index (χ0v) is 11.2. The van der Waals surface area contributed by atoms with Gasteiger partial charge < -0.3 is 5.11 Å². The van der Waals surface area contributed by atoms with Gasteiger partial charge in [-0.15, -0.1) is 0 Å². The molecule has 20 heavy (non-hydrogen) atoms. The van der Waals surface area contributed by atoms with E-state index in [1.54, 1.807) is 18.2 Å². The van der Waals surface area contributed by atoms with Gasteiger partial charge in [-0.2, -0.15) is 13.5 Å². The van der Waals surface area contributed by atoms with Crippen LogP contribution in [0.4, 0.5) is 0 Å². The first kappa shape index (κ1) is 14.0. The van der Waals surface area contributed by atoms with Gasteiger partial charge in [-0.05, 0) is 30.3 Å². The van der Waals surface area contributed by atoms with Gasteiger partial charge in [-0.3, -0.25) is 4.55 Å². The lowest BCUT2D eigenvalue weighted by atomic mass is 10.3. The second-order valence-electron chi connectivity index (χ2n) is 3.90. The van der Waals surface area contributed by atoms with Crippen LogP contribution in [-0.4, -0.2) is 27.9 Å². The Hall–Kier alpha value is -2.38. The van der Waals surface area contributed by atoms with Gasteiger partial charge in [0.25, 0.3) is 10.1 Å². The van der Waals surface area contributed by atoms with E-state index in [9.17, 15) is 13.5 Å². The number of benzene rings is 1. The van der Waals surface area contributed by atoms with Crippen LogP contribution in [0.5, 0.6) is 5.88 Å². The predicted molar refractivity (Wildman–Crippen MR) is 74.3 cm³/mol. The van der Waals surface area contributed by atoms with Crippen molar-refractivity contribution < 1.29 is 18.1 Å². The van der Waals surface area contributed by atoms with Crippen molar-refractivity contribution in [1.29, 1.82) is 0 Å². The van der Waals surface area contributed by atoms with Crippen LogP contribution in [0, 0.1) is 0 Å². The second kappa shape index (κ2) is 5.32. The topological polar surface area (TPSA) is 92.4 Å². The van der Waals surface area contributed by atoms with Crippen LogP contribution in [0.25, 0.3) is 11.8 Å². The molecule has 0 saturated heterocycles. The standard InChI is InChI=1S/C13H12N2O4S/c1-2-3-4-10-9-14-15(13(10)16)11-5-7-12(8-6-11)20(17,18)19/h2-9,16H,1H2,(H,17,18,19). The number of nitrogens with zero attached hydrogens (tertiary/aromatic N) is 2. The highest BCUT2D eigenvalue weighted by Crippen LogP contribution is 2.23. The average Bonchev–Trinajstić information content (AvgIpc) is 2.77. The van der Waals surface area contributed by atoms with E-state index in [2.05, 4.69) is 11.7 Å². The van der Waals surface area contributed by atoms with Gasteiger partial charge in [0.2, 0.25) is 5.88 Å². The Kier molecular flexibility index (Phi) is 3.73. The lowest BCUT2D eigenvalue weighted by molar-refractivity contribution is 0.432. The monoisotopic (exact) mass is 292 g/mol. The number of aromatic hydroxyl groups is 1. The molecule has 0 amide bonds. The molecule has 1 aromatic heterocycles. The Morgan fingerprint density at radius 3 is 2.45 bits per heavy atom. The fraction of sp³-hybridized carbons (Fsp3) is 0. The van der Waals surface area contributed by atoms with Gasteiger partial charge in [0.1, 0.15) is 0 Å². The summed E-state index contributed by atoms with van der Waals surface area (Å²) in [5.41, 5.74) is 0.969. The zero-order chi connectivity index (χ0) is 14.8. The summed E-state index contributed by atoms with van der Waals surface area (Å²) in [6.07, 6.45) is 6.32. The fourth-order valence-corrected chi connectivity index (χ4v) is 2.07. The molecule has 2 aromatic rings. The molecule has 1 aromatic carbocycles. The van der Waals surface area contributed by atoms with Crippen molar-refractivity contribution in [3.8, 4) is 11.6 Å². The summed E-state index contributed by atoms with van der Waals surface area (Å²) in [6.45, 7) is 3.53. The Morgan fingerprint density at radius 2 is 1.90 bits per heavy atom. The van der Waals surface area contributed by atoms with E-state index in [1.165, 1.54) is 35.1 Å². The quantitative estimate of drug-likeness (QED) is 0.664. The van der Waals surface area contributed by atoms with Crippen LogP contribution in [0.2, 0.25) is 0 Å². The minimum absolute atomic E-state index is 0.0808. The molecular weight excluding hydrogens is 280 g/mol. The Labute approximate surface area is 116 Å². The molecule has 0 fully saturated rings. The minimum Gasteiger partial charge on any atom is -0.493 e. The molecule has 1 heterocycles. The average molecular weight is 292 g/mol. The van der Waals surface area contributed by atoms with E-state index in [-0.39, 0.29) is 10.8 Å². The number of hydrogen-bond donors (Lipinski definition) is 2. The van der Waals surface area contributed by atoms with Crippen molar-refractivity contribution in [3.05, 3.63) is 54.8 Å². The summed E-state index contributed by atoms with van der Waals surface area (Å²) in [7, 11) is -4.23. The molecule has 7 heteroatoms. The van der Waals surface area contributed by atoms with Crippen LogP contribution in [0.1, 0.15) is 5.56 Å². The summed E-state index contributed by atoms with van der Waals surface area (Å²) in [6, 6.07) is 5.31. The van der Waals surface area contributed by atoms with Crippen LogP contribution in [0.3, 0.4) is 0 Å². The zero-order valence-electron chi connectivity index (χ0n) is 10.3. The lowest BCUT2D eigenvalue weighted by Gasteiger charge is -2.04. The summed E-state index contributed by atoms with van der Waals surface area (Å²) in [5, 5.41) is 14.0. The smallest absolute Gasteiger partial charge is 0.294 e. The highest BCUT2D eigenvalue weighted by Gasteiger charge is 2.12. The van der Waals surface area contributed by atoms with Gasteiger partial charge in [0.05, 0.1) is 22.3 Å². The Balaban J connectivity index is 2.40. The van der Waals surface area contributed by atoms with Gasteiger partial charge in [0.15, 0.2) is 0 Å². The maximum Gasteiger partial charge on any atom is 0.294 e. The van der Waals surface area contributed by atoms with E-state index in [1.807, 2.05) is 0 Å². The molecular formula is C13H12N2O4S. The van der Waals surface area contributed by atoms with Crippen molar-refractivity contribution in [1.82, 2.24) is 9.78 Å². The third-order valence-corrected chi connectivity index (χ3v) is 3.43. The molecule has 0 saturated carbocycles. The number of rotatable bonds is 4. The molecule has 6 nitrogen and oxygen atoms in total. The van der Waals surface area contributed by atoms with Crippen LogP contribution in [-0.2, 0) is 10.1 Å². The molecule has 0 atom stereocenters. The highest BCUT2D eigenvalue weighted by molar-refractivity contribution is 7.85. The Morgan fingerprint density at radius 1 is 1.25 bits per heavy atom. The first-order valence-electron chi connectivity index (χ1n) is 5.57. The molecule has 2 N–H and O–H groups in total. The summed E-state index contributed by atoms with van der Waals surface area (Å²) in [4.78, 5) is -0.223. The molecule has 0 aliphatic heterocycles. The Bertz CT molecular complexity index is 758. The highest BCUT2D eigenvalue weighted by atomic mass is 32.2. The second-order valence-corrected chi connectivity index (χ2v) is 5.32. The van der Waals surface area contributed by atoms with Crippen LogP contribution >= 0.6 is 0 Å². The molecule has 0 radical (unpaired) electrons. The fourth-order valence-electron chi connectivity index (χ4n) is 1.59. The summed E-state index contributed by atoms with van der Waals surface area (Å²) in [5.74, 6) is -0.0808. The molecule has 2 rings (SSSR count). The molecule has 0 unspecified atom stereocenters. The first-order valence-corrected chi connectivity index (χ1v) is 7.01. The third kappa shape index (κ3) is 2.79. The number of hydrogen-bond acceptors (Lipinski definition) is 4. The van der Waals surface area contributed by atoms with Crippen LogP contribution in [0.15, 0.2) is 54.1 Å². The van der Waals surface area contributed by atoms with Crippen molar-refractivity contribution in [3.63, 3.8) is 0 Å². The lowest BCUT2D eigenvalue weighted by Crippen LogP contribution is -2.00. The number of allylic oxidation sites excluding steroid dienone is 2. The maximum absolute atomic E-state index is 10.9.